The van der Waals surface area contributed by atoms with Crippen LogP contribution in [0.25, 0.3) is 0 Å². The minimum atomic E-state index is 0.372. The summed E-state index contributed by atoms with van der Waals surface area (Å²) in [6.07, 6.45) is 1.66. The number of hydrogen-bond donors (Lipinski definition) is 1. The number of nitrogens with two attached hydrogens (primary N) is 1. The van der Waals surface area contributed by atoms with Crippen LogP contribution in [0.4, 0.5) is 0 Å². The Morgan fingerprint density at radius 3 is 2.42 bits per heavy atom. The topological polar surface area (TPSA) is 48.1 Å². The first-order valence-electron chi connectivity index (χ1n) is 5.49. The summed E-state index contributed by atoms with van der Waals surface area (Å²) < 4.78 is 5.65. The molecular formula is C13H11Cl3N2O. The average molecular weight is 318 g/mol. The molecule has 2 rings (SSSR count). The van der Waals surface area contributed by atoms with E-state index in [9.17, 15) is 0 Å². The van der Waals surface area contributed by atoms with Crippen molar-refractivity contribution in [2.24, 2.45) is 5.73 Å². The second-order valence-corrected chi connectivity index (χ2v) is 5.19. The third-order valence-corrected chi connectivity index (χ3v) is 3.52. The van der Waals surface area contributed by atoms with Crippen molar-refractivity contribution in [2.75, 3.05) is 0 Å². The van der Waals surface area contributed by atoms with Gasteiger partial charge in [-0.1, -0.05) is 34.8 Å². The SMILES string of the molecule is Cc1cc(CN)cnc1Oc1cc(Cl)c(Cl)cc1Cl. The Balaban J connectivity index is 2.33. The largest absolute Gasteiger partial charge is 0.437 e. The van der Waals surface area contributed by atoms with Crippen molar-refractivity contribution in [3.8, 4) is 11.6 Å². The predicted octanol–water partition coefficient (Wildman–Crippen LogP) is 4.60. The van der Waals surface area contributed by atoms with Gasteiger partial charge in [-0.3, -0.25) is 0 Å². The Hall–Kier alpha value is -1.000. The van der Waals surface area contributed by atoms with Gasteiger partial charge in [-0.05, 0) is 24.6 Å². The molecular weight excluding hydrogens is 307 g/mol. The highest BCUT2D eigenvalue weighted by molar-refractivity contribution is 6.43. The summed E-state index contributed by atoms with van der Waals surface area (Å²) in [6.45, 7) is 2.31. The Labute approximate surface area is 126 Å². The van der Waals surface area contributed by atoms with Crippen molar-refractivity contribution in [3.05, 3.63) is 50.6 Å². The molecule has 0 aliphatic heterocycles. The van der Waals surface area contributed by atoms with E-state index in [0.717, 1.165) is 11.1 Å². The van der Waals surface area contributed by atoms with Crippen molar-refractivity contribution in [2.45, 2.75) is 13.5 Å². The molecule has 2 aromatic rings. The molecule has 19 heavy (non-hydrogen) atoms. The lowest BCUT2D eigenvalue weighted by molar-refractivity contribution is 0.458. The first kappa shape index (κ1) is 14.4. The maximum atomic E-state index is 6.05. The number of ether oxygens (including phenoxy) is 1. The van der Waals surface area contributed by atoms with Crippen LogP contribution in [-0.2, 0) is 6.54 Å². The molecule has 0 aliphatic rings. The summed E-state index contributed by atoms with van der Waals surface area (Å²) >= 11 is 17.8. The zero-order chi connectivity index (χ0) is 14.0. The van der Waals surface area contributed by atoms with Crippen molar-refractivity contribution in [3.63, 3.8) is 0 Å². The highest BCUT2D eigenvalue weighted by Crippen LogP contribution is 2.36. The van der Waals surface area contributed by atoms with Crippen LogP contribution in [0.5, 0.6) is 11.6 Å². The molecule has 3 nitrogen and oxygen atoms in total. The molecule has 0 bridgehead atoms. The first-order valence-corrected chi connectivity index (χ1v) is 6.62. The fourth-order valence-electron chi connectivity index (χ4n) is 1.53. The molecule has 0 unspecified atom stereocenters. The molecule has 2 N–H and O–H groups in total. The summed E-state index contributed by atoms with van der Waals surface area (Å²) in [5, 5.41) is 1.12. The van der Waals surface area contributed by atoms with E-state index in [1.54, 1.807) is 12.3 Å². The number of hydrogen-bond acceptors (Lipinski definition) is 3. The van der Waals surface area contributed by atoms with Gasteiger partial charge in [0.25, 0.3) is 0 Å². The minimum absolute atomic E-state index is 0.372. The standard InChI is InChI=1S/C13H11Cl3N2O/c1-7-2-8(5-17)6-18-13(7)19-12-4-10(15)9(14)3-11(12)16/h2-4,6H,5,17H2,1H3. The molecule has 100 valence electrons. The van der Waals surface area contributed by atoms with E-state index in [2.05, 4.69) is 4.98 Å². The number of benzene rings is 1. The summed E-state index contributed by atoms with van der Waals surface area (Å²) in [5.41, 5.74) is 7.35. The number of rotatable bonds is 3. The smallest absolute Gasteiger partial charge is 0.222 e. The van der Waals surface area contributed by atoms with Gasteiger partial charge in [0.05, 0.1) is 15.1 Å². The number of aryl methyl sites for hydroxylation is 1. The van der Waals surface area contributed by atoms with E-state index in [1.807, 2.05) is 13.0 Å². The molecule has 1 aromatic heterocycles. The van der Waals surface area contributed by atoms with E-state index in [-0.39, 0.29) is 0 Å². The summed E-state index contributed by atoms with van der Waals surface area (Å²) in [7, 11) is 0. The summed E-state index contributed by atoms with van der Waals surface area (Å²) in [6, 6.07) is 5.00. The van der Waals surface area contributed by atoms with Gasteiger partial charge in [0, 0.05) is 24.4 Å². The van der Waals surface area contributed by atoms with Crippen LogP contribution in [-0.4, -0.2) is 4.98 Å². The van der Waals surface area contributed by atoms with Crippen molar-refractivity contribution in [1.82, 2.24) is 4.98 Å². The van der Waals surface area contributed by atoms with Gasteiger partial charge in [0.15, 0.2) is 0 Å². The first-order chi connectivity index (χ1) is 9.01. The third kappa shape index (κ3) is 3.31. The van der Waals surface area contributed by atoms with Crippen LogP contribution in [0.15, 0.2) is 24.4 Å². The summed E-state index contributed by atoms with van der Waals surface area (Å²) in [5.74, 6) is 0.865. The quantitative estimate of drug-likeness (QED) is 0.842. The molecule has 0 amide bonds. The molecule has 0 fully saturated rings. The molecule has 6 heteroatoms. The molecule has 0 saturated heterocycles. The maximum Gasteiger partial charge on any atom is 0.222 e. The van der Waals surface area contributed by atoms with E-state index < -0.39 is 0 Å². The van der Waals surface area contributed by atoms with Gasteiger partial charge in [-0.15, -0.1) is 0 Å². The lowest BCUT2D eigenvalue weighted by Gasteiger charge is -2.10. The van der Waals surface area contributed by atoms with Gasteiger partial charge in [0.1, 0.15) is 5.75 Å². The Morgan fingerprint density at radius 2 is 1.79 bits per heavy atom. The van der Waals surface area contributed by atoms with Crippen LogP contribution in [0.1, 0.15) is 11.1 Å². The molecule has 0 radical (unpaired) electrons. The lowest BCUT2D eigenvalue weighted by atomic mass is 10.2. The third-order valence-electron chi connectivity index (χ3n) is 2.50. The fraction of sp³-hybridized carbons (Fsp3) is 0.154. The number of nitrogens with zero attached hydrogens (tertiary/aromatic N) is 1. The Bertz CT molecular complexity index is 617. The van der Waals surface area contributed by atoms with E-state index in [0.29, 0.717) is 33.2 Å². The second kappa shape index (κ2) is 5.97. The minimum Gasteiger partial charge on any atom is -0.437 e. The van der Waals surface area contributed by atoms with Crippen LogP contribution >= 0.6 is 34.8 Å². The highest BCUT2D eigenvalue weighted by Gasteiger charge is 2.10. The average Bonchev–Trinajstić information content (AvgIpc) is 2.38. The molecule has 0 atom stereocenters. The fourth-order valence-corrected chi connectivity index (χ4v) is 2.10. The molecule has 0 aliphatic carbocycles. The number of pyridine rings is 1. The summed E-state index contributed by atoms with van der Waals surface area (Å²) in [4.78, 5) is 4.20. The monoisotopic (exact) mass is 316 g/mol. The van der Waals surface area contributed by atoms with E-state index >= 15 is 0 Å². The molecule has 1 heterocycles. The molecule has 0 spiro atoms. The number of halogens is 3. The van der Waals surface area contributed by atoms with E-state index in [4.69, 9.17) is 45.3 Å². The second-order valence-electron chi connectivity index (χ2n) is 3.97. The highest BCUT2D eigenvalue weighted by atomic mass is 35.5. The van der Waals surface area contributed by atoms with Crippen LogP contribution < -0.4 is 10.5 Å². The predicted molar refractivity (Wildman–Crippen MR) is 78.4 cm³/mol. The van der Waals surface area contributed by atoms with E-state index in [1.165, 1.54) is 6.07 Å². The maximum absolute atomic E-state index is 6.05. The van der Waals surface area contributed by atoms with Crippen LogP contribution in [0.2, 0.25) is 15.1 Å². The molecule has 1 aromatic carbocycles. The van der Waals surface area contributed by atoms with Gasteiger partial charge < -0.3 is 10.5 Å². The Morgan fingerprint density at radius 1 is 1.11 bits per heavy atom. The normalized spacial score (nSPS) is 10.6. The van der Waals surface area contributed by atoms with Crippen LogP contribution in [0, 0.1) is 6.92 Å². The Kier molecular flexibility index (Phi) is 4.53. The lowest BCUT2D eigenvalue weighted by Crippen LogP contribution is -1.99. The zero-order valence-corrected chi connectivity index (χ0v) is 12.4. The van der Waals surface area contributed by atoms with Crippen LogP contribution in [0.3, 0.4) is 0 Å². The van der Waals surface area contributed by atoms with Crippen molar-refractivity contribution < 1.29 is 4.74 Å². The van der Waals surface area contributed by atoms with Crippen molar-refractivity contribution in [1.29, 1.82) is 0 Å². The van der Waals surface area contributed by atoms with Gasteiger partial charge in [-0.25, -0.2) is 4.98 Å². The van der Waals surface area contributed by atoms with Crippen molar-refractivity contribution >= 4 is 34.8 Å². The number of aromatic nitrogens is 1. The van der Waals surface area contributed by atoms with Gasteiger partial charge >= 0.3 is 0 Å². The zero-order valence-electron chi connectivity index (χ0n) is 10.1. The van der Waals surface area contributed by atoms with Gasteiger partial charge in [-0.2, -0.15) is 0 Å². The molecule has 0 saturated carbocycles. The van der Waals surface area contributed by atoms with Gasteiger partial charge in [0.2, 0.25) is 5.88 Å².